The van der Waals surface area contributed by atoms with Crippen molar-refractivity contribution < 1.29 is 9.90 Å². The smallest absolute Gasteiger partial charge is 0.220 e. The quantitative estimate of drug-likeness (QED) is 0.602. The van der Waals surface area contributed by atoms with Gasteiger partial charge in [0.2, 0.25) is 5.91 Å². The van der Waals surface area contributed by atoms with Gasteiger partial charge in [-0.1, -0.05) is 27.2 Å². The Hall–Kier alpha value is -0.610. The number of hydrogen-bond donors (Lipinski definition) is 3. The Balaban J connectivity index is 3.98. The fourth-order valence-corrected chi connectivity index (χ4v) is 1.97. The largest absolute Gasteiger partial charge is 0.388 e. The second kappa shape index (κ2) is 7.67. The minimum Gasteiger partial charge on any atom is -0.388 e. The summed E-state index contributed by atoms with van der Waals surface area (Å²) in [6.45, 7) is 8.74. The van der Waals surface area contributed by atoms with Crippen LogP contribution in [0.4, 0.5) is 0 Å². The predicted molar refractivity (Wildman–Crippen MR) is 70.5 cm³/mol. The molecular formula is C13H28N2O2. The summed E-state index contributed by atoms with van der Waals surface area (Å²) in [5.41, 5.74) is 4.72. The Morgan fingerprint density at radius 2 is 2.06 bits per heavy atom. The molecule has 0 spiro atoms. The van der Waals surface area contributed by atoms with Crippen LogP contribution in [-0.4, -0.2) is 29.7 Å². The van der Waals surface area contributed by atoms with Gasteiger partial charge in [-0.05, 0) is 31.7 Å². The summed E-state index contributed by atoms with van der Waals surface area (Å²) in [7, 11) is 0. The first-order chi connectivity index (χ1) is 7.80. The van der Waals surface area contributed by atoms with Crippen molar-refractivity contribution in [3.05, 3.63) is 0 Å². The van der Waals surface area contributed by atoms with Gasteiger partial charge in [-0.3, -0.25) is 4.79 Å². The van der Waals surface area contributed by atoms with Gasteiger partial charge >= 0.3 is 0 Å². The van der Waals surface area contributed by atoms with Gasteiger partial charge in [-0.2, -0.15) is 0 Å². The lowest BCUT2D eigenvalue weighted by molar-refractivity contribution is -0.123. The first-order valence-electron chi connectivity index (χ1n) is 6.49. The third-order valence-electron chi connectivity index (χ3n) is 2.90. The highest BCUT2D eigenvalue weighted by Gasteiger charge is 2.22. The van der Waals surface area contributed by atoms with E-state index in [0.717, 1.165) is 6.42 Å². The third-order valence-corrected chi connectivity index (χ3v) is 2.90. The SMILES string of the molecule is CCC(CN)CC(=O)NCC(C)(O)CC(C)C. The van der Waals surface area contributed by atoms with E-state index in [1.807, 2.05) is 6.92 Å². The molecular weight excluding hydrogens is 216 g/mol. The van der Waals surface area contributed by atoms with Crippen LogP contribution >= 0.6 is 0 Å². The van der Waals surface area contributed by atoms with Gasteiger partial charge in [0.15, 0.2) is 0 Å². The molecule has 4 N–H and O–H groups in total. The van der Waals surface area contributed by atoms with E-state index in [9.17, 15) is 9.90 Å². The first kappa shape index (κ1) is 16.4. The first-order valence-corrected chi connectivity index (χ1v) is 6.49. The lowest BCUT2D eigenvalue weighted by atomic mass is 9.94. The van der Waals surface area contributed by atoms with Crippen molar-refractivity contribution in [2.75, 3.05) is 13.1 Å². The van der Waals surface area contributed by atoms with Gasteiger partial charge in [0.05, 0.1) is 5.60 Å². The Bertz CT molecular complexity index is 223. The van der Waals surface area contributed by atoms with Crippen LogP contribution in [0.25, 0.3) is 0 Å². The molecule has 0 aliphatic heterocycles. The maximum Gasteiger partial charge on any atom is 0.220 e. The number of amides is 1. The molecule has 0 aliphatic rings. The fraction of sp³-hybridized carbons (Fsp3) is 0.923. The van der Waals surface area contributed by atoms with E-state index in [0.29, 0.717) is 31.8 Å². The molecule has 0 aromatic heterocycles. The highest BCUT2D eigenvalue weighted by atomic mass is 16.3. The number of nitrogens with two attached hydrogens (primary N) is 1. The normalized spacial score (nSPS) is 16.6. The van der Waals surface area contributed by atoms with E-state index in [1.54, 1.807) is 6.92 Å². The third kappa shape index (κ3) is 8.16. The molecule has 4 nitrogen and oxygen atoms in total. The maximum absolute atomic E-state index is 11.6. The monoisotopic (exact) mass is 244 g/mol. The van der Waals surface area contributed by atoms with Gasteiger partial charge in [-0.15, -0.1) is 0 Å². The van der Waals surface area contributed by atoms with Crippen molar-refractivity contribution in [3.8, 4) is 0 Å². The van der Waals surface area contributed by atoms with E-state index in [4.69, 9.17) is 5.73 Å². The molecule has 0 saturated heterocycles. The summed E-state index contributed by atoms with van der Waals surface area (Å²) >= 11 is 0. The zero-order chi connectivity index (χ0) is 13.5. The highest BCUT2D eigenvalue weighted by molar-refractivity contribution is 5.76. The minimum atomic E-state index is -0.825. The molecule has 4 heteroatoms. The highest BCUT2D eigenvalue weighted by Crippen LogP contribution is 2.15. The Morgan fingerprint density at radius 3 is 2.47 bits per heavy atom. The van der Waals surface area contributed by atoms with Gasteiger partial charge in [0.25, 0.3) is 0 Å². The topological polar surface area (TPSA) is 75.4 Å². The average Bonchev–Trinajstić information content (AvgIpc) is 2.21. The van der Waals surface area contributed by atoms with E-state index in [-0.39, 0.29) is 11.8 Å². The van der Waals surface area contributed by atoms with Crippen LogP contribution in [0, 0.1) is 11.8 Å². The molecule has 0 aromatic rings. The van der Waals surface area contributed by atoms with Gasteiger partial charge in [0.1, 0.15) is 0 Å². The van der Waals surface area contributed by atoms with Crippen molar-refractivity contribution >= 4 is 5.91 Å². The van der Waals surface area contributed by atoms with Crippen molar-refractivity contribution in [2.45, 2.75) is 52.6 Å². The lowest BCUT2D eigenvalue weighted by Crippen LogP contribution is -2.42. The Labute approximate surface area is 105 Å². The van der Waals surface area contributed by atoms with Crippen LogP contribution in [-0.2, 0) is 4.79 Å². The molecule has 0 saturated carbocycles. The molecule has 0 aromatic carbocycles. The number of carbonyl (C=O) groups excluding carboxylic acids is 1. The van der Waals surface area contributed by atoms with Crippen LogP contribution in [0.15, 0.2) is 0 Å². The predicted octanol–water partition coefficient (Wildman–Crippen LogP) is 1.27. The van der Waals surface area contributed by atoms with Crippen LogP contribution in [0.1, 0.15) is 47.0 Å². The molecule has 2 atom stereocenters. The standard InChI is InChI=1S/C13H28N2O2/c1-5-11(8-14)6-12(16)15-9-13(4,17)7-10(2)3/h10-11,17H,5-9,14H2,1-4H3,(H,15,16). The van der Waals surface area contributed by atoms with Gasteiger partial charge in [-0.25, -0.2) is 0 Å². The molecule has 0 aliphatic carbocycles. The number of hydrogen-bond acceptors (Lipinski definition) is 3. The second-order valence-electron chi connectivity index (χ2n) is 5.59. The van der Waals surface area contributed by atoms with Gasteiger partial charge in [0, 0.05) is 13.0 Å². The summed E-state index contributed by atoms with van der Waals surface area (Å²) in [5.74, 6) is 0.630. The molecule has 0 bridgehead atoms. The van der Waals surface area contributed by atoms with Crippen molar-refractivity contribution in [1.82, 2.24) is 5.32 Å². The molecule has 17 heavy (non-hydrogen) atoms. The van der Waals surface area contributed by atoms with Crippen LogP contribution in [0.5, 0.6) is 0 Å². The van der Waals surface area contributed by atoms with E-state index >= 15 is 0 Å². The van der Waals surface area contributed by atoms with E-state index in [2.05, 4.69) is 19.2 Å². The molecule has 0 rings (SSSR count). The average molecular weight is 244 g/mol. The van der Waals surface area contributed by atoms with Crippen molar-refractivity contribution in [3.63, 3.8) is 0 Å². The second-order valence-corrected chi connectivity index (χ2v) is 5.59. The lowest BCUT2D eigenvalue weighted by Gasteiger charge is -2.26. The number of aliphatic hydroxyl groups is 1. The summed E-state index contributed by atoms with van der Waals surface area (Å²) in [6, 6.07) is 0. The molecule has 0 fully saturated rings. The van der Waals surface area contributed by atoms with Crippen molar-refractivity contribution in [1.29, 1.82) is 0 Å². The molecule has 0 heterocycles. The Morgan fingerprint density at radius 1 is 1.47 bits per heavy atom. The molecule has 1 amide bonds. The van der Waals surface area contributed by atoms with Crippen molar-refractivity contribution in [2.24, 2.45) is 17.6 Å². The van der Waals surface area contributed by atoms with Crippen LogP contribution in [0.2, 0.25) is 0 Å². The van der Waals surface area contributed by atoms with E-state index < -0.39 is 5.60 Å². The fourth-order valence-electron chi connectivity index (χ4n) is 1.97. The minimum absolute atomic E-state index is 0.0219. The zero-order valence-electron chi connectivity index (χ0n) is 11.6. The van der Waals surface area contributed by atoms with Gasteiger partial charge < -0.3 is 16.2 Å². The summed E-state index contributed by atoms with van der Waals surface area (Å²) in [6.07, 6.45) is 2.04. The summed E-state index contributed by atoms with van der Waals surface area (Å²) in [5, 5.41) is 12.8. The van der Waals surface area contributed by atoms with Crippen LogP contribution < -0.4 is 11.1 Å². The molecule has 0 radical (unpaired) electrons. The maximum atomic E-state index is 11.6. The summed E-state index contributed by atoms with van der Waals surface area (Å²) in [4.78, 5) is 11.6. The molecule has 2 unspecified atom stereocenters. The molecule has 102 valence electrons. The van der Waals surface area contributed by atoms with E-state index in [1.165, 1.54) is 0 Å². The number of rotatable bonds is 8. The zero-order valence-corrected chi connectivity index (χ0v) is 11.6. The Kier molecular flexibility index (Phi) is 7.39. The van der Waals surface area contributed by atoms with Crippen LogP contribution in [0.3, 0.4) is 0 Å². The number of carbonyl (C=O) groups is 1. The summed E-state index contributed by atoms with van der Waals surface area (Å²) < 4.78 is 0. The number of nitrogens with one attached hydrogen (secondary N) is 1.